The summed E-state index contributed by atoms with van der Waals surface area (Å²) in [5.41, 5.74) is 1.31. The molecule has 1 aliphatic rings. The number of likely N-dealkylation sites (tertiary alicyclic amines) is 1. The van der Waals surface area contributed by atoms with Crippen molar-refractivity contribution < 1.29 is 19.8 Å². The van der Waals surface area contributed by atoms with Gasteiger partial charge in [-0.05, 0) is 12.1 Å². The van der Waals surface area contributed by atoms with Crippen molar-refractivity contribution in [3.05, 3.63) is 36.3 Å². The summed E-state index contributed by atoms with van der Waals surface area (Å²) in [7, 11) is 0. The fourth-order valence-corrected chi connectivity index (χ4v) is 2.65. The maximum atomic E-state index is 12.3. The second kappa shape index (κ2) is 5.17. The van der Waals surface area contributed by atoms with Gasteiger partial charge in [0.25, 0.3) is 0 Å². The van der Waals surface area contributed by atoms with Crippen LogP contribution >= 0.6 is 0 Å². The van der Waals surface area contributed by atoms with E-state index in [0.29, 0.717) is 5.69 Å². The smallest absolute Gasteiger partial charge is 0.326 e. The molecule has 0 aliphatic carbocycles. The number of carboxylic acid groups (broad SMARTS) is 1. The van der Waals surface area contributed by atoms with Gasteiger partial charge in [-0.2, -0.15) is 0 Å². The molecule has 7 nitrogen and oxygen atoms in total. The Morgan fingerprint density at radius 1 is 1.38 bits per heavy atom. The number of aromatic nitrogens is 2. The van der Waals surface area contributed by atoms with Gasteiger partial charge in [0.1, 0.15) is 11.7 Å². The first-order valence-corrected chi connectivity index (χ1v) is 6.67. The van der Waals surface area contributed by atoms with E-state index in [-0.39, 0.29) is 25.3 Å². The molecule has 1 amide bonds. The van der Waals surface area contributed by atoms with E-state index in [1.807, 2.05) is 24.4 Å². The molecule has 1 aliphatic heterocycles. The van der Waals surface area contributed by atoms with Crippen LogP contribution in [-0.2, 0) is 16.0 Å². The Morgan fingerprint density at radius 2 is 2.19 bits per heavy atom. The van der Waals surface area contributed by atoms with E-state index in [2.05, 4.69) is 4.98 Å². The van der Waals surface area contributed by atoms with Gasteiger partial charge < -0.3 is 19.5 Å². The summed E-state index contributed by atoms with van der Waals surface area (Å²) in [6.45, 7) is 0.0587. The summed E-state index contributed by atoms with van der Waals surface area (Å²) >= 11 is 0. The second-order valence-corrected chi connectivity index (χ2v) is 5.16. The number of amides is 1. The predicted molar refractivity (Wildman–Crippen MR) is 72.7 cm³/mol. The Kier molecular flexibility index (Phi) is 3.34. The Labute approximate surface area is 120 Å². The molecule has 2 unspecified atom stereocenters. The molecule has 0 aromatic carbocycles. The van der Waals surface area contributed by atoms with Gasteiger partial charge in [-0.25, -0.2) is 9.78 Å². The van der Waals surface area contributed by atoms with E-state index in [4.69, 9.17) is 5.11 Å². The van der Waals surface area contributed by atoms with E-state index >= 15 is 0 Å². The summed E-state index contributed by atoms with van der Waals surface area (Å²) in [4.78, 5) is 28.9. The van der Waals surface area contributed by atoms with E-state index in [0.717, 1.165) is 5.65 Å². The predicted octanol–water partition coefficient (Wildman–Crippen LogP) is -0.0768. The normalized spacial score (nSPS) is 21.9. The third kappa shape index (κ3) is 2.59. The minimum Gasteiger partial charge on any atom is -0.480 e. The van der Waals surface area contributed by atoms with Gasteiger partial charge in [0, 0.05) is 25.4 Å². The highest BCUT2D eigenvalue weighted by Gasteiger charge is 2.38. The lowest BCUT2D eigenvalue weighted by Gasteiger charge is -2.20. The summed E-state index contributed by atoms with van der Waals surface area (Å²) in [6.07, 6.45) is 2.90. The molecule has 3 heterocycles. The number of carbonyl (C=O) groups excluding carboxylic acids is 1. The number of carbonyl (C=O) groups is 2. The molecule has 0 radical (unpaired) electrons. The van der Waals surface area contributed by atoms with E-state index in [9.17, 15) is 14.7 Å². The maximum Gasteiger partial charge on any atom is 0.326 e. The van der Waals surface area contributed by atoms with Crippen molar-refractivity contribution >= 4 is 17.5 Å². The average molecular weight is 289 g/mol. The highest BCUT2D eigenvalue weighted by molar-refractivity contribution is 5.85. The summed E-state index contributed by atoms with van der Waals surface area (Å²) in [6, 6.07) is 4.58. The van der Waals surface area contributed by atoms with Crippen LogP contribution in [0.4, 0.5) is 0 Å². The lowest BCUT2D eigenvalue weighted by molar-refractivity contribution is -0.148. The first-order valence-electron chi connectivity index (χ1n) is 6.67. The lowest BCUT2D eigenvalue weighted by Crippen LogP contribution is -2.41. The summed E-state index contributed by atoms with van der Waals surface area (Å²) in [5.74, 6) is -1.42. The zero-order chi connectivity index (χ0) is 15.0. The molecule has 2 N–H and O–H groups in total. The van der Waals surface area contributed by atoms with Crippen LogP contribution in [0.15, 0.2) is 30.6 Å². The van der Waals surface area contributed by atoms with Crippen LogP contribution in [0.2, 0.25) is 0 Å². The van der Waals surface area contributed by atoms with Crippen molar-refractivity contribution in [1.82, 2.24) is 14.3 Å². The Hall–Kier alpha value is -2.41. The molecule has 21 heavy (non-hydrogen) atoms. The molecule has 7 heteroatoms. The van der Waals surface area contributed by atoms with Gasteiger partial charge in [-0.1, -0.05) is 6.07 Å². The summed E-state index contributed by atoms with van der Waals surface area (Å²) in [5, 5.41) is 18.7. The topological polar surface area (TPSA) is 95.1 Å². The minimum atomic E-state index is -1.09. The van der Waals surface area contributed by atoms with Crippen molar-refractivity contribution in [3.8, 4) is 0 Å². The largest absolute Gasteiger partial charge is 0.480 e. The number of rotatable bonds is 3. The van der Waals surface area contributed by atoms with Gasteiger partial charge in [0.05, 0.1) is 18.2 Å². The summed E-state index contributed by atoms with van der Waals surface area (Å²) < 4.78 is 1.80. The molecule has 2 aromatic heterocycles. The number of hydrogen-bond acceptors (Lipinski definition) is 4. The number of β-amino-alcohol motifs (C(OH)–C–C–N with tert-alkyl or cyclic N) is 1. The van der Waals surface area contributed by atoms with Gasteiger partial charge in [-0.3, -0.25) is 4.79 Å². The van der Waals surface area contributed by atoms with Crippen LogP contribution in [0.1, 0.15) is 12.1 Å². The first-order chi connectivity index (χ1) is 10.0. The van der Waals surface area contributed by atoms with E-state index in [1.54, 1.807) is 10.6 Å². The number of aliphatic carboxylic acids is 1. The van der Waals surface area contributed by atoms with Crippen molar-refractivity contribution in [2.24, 2.45) is 0 Å². The van der Waals surface area contributed by atoms with Gasteiger partial charge >= 0.3 is 5.97 Å². The second-order valence-electron chi connectivity index (χ2n) is 5.16. The van der Waals surface area contributed by atoms with Crippen LogP contribution in [-0.4, -0.2) is 55.1 Å². The molecule has 110 valence electrons. The molecular formula is C14H15N3O4. The van der Waals surface area contributed by atoms with Crippen molar-refractivity contribution in [1.29, 1.82) is 0 Å². The molecule has 2 atom stereocenters. The van der Waals surface area contributed by atoms with Gasteiger partial charge in [-0.15, -0.1) is 0 Å². The minimum absolute atomic E-state index is 0.0260. The van der Waals surface area contributed by atoms with E-state index in [1.165, 1.54) is 4.90 Å². The number of fused-ring (bicyclic) bond motifs is 1. The fourth-order valence-electron chi connectivity index (χ4n) is 2.65. The van der Waals surface area contributed by atoms with Crippen LogP contribution in [0.25, 0.3) is 5.65 Å². The molecule has 1 saturated heterocycles. The van der Waals surface area contributed by atoms with Crippen LogP contribution in [0, 0.1) is 0 Å². The number of imidazole rings is 1. The SMILES string of the molecule is O=C(O)C1CC(O)CN1C(=O)Cc1cn2ccccc2n1. The lowest BCUT2D eigenvalue weighted by atomic mass is 10.2. The highest BCUT2D eigenvalue weighted by atomic mass is 16.4. The van der Waals surface area contributed by atoms with Crippen LogP contribution < -0.4 is 0 Å². The first kappa shape index (κ1) is 13.6. The Morgan fingerprint density at radius 3 is 2.90 bits per heavy atom. The van der Waals surface area contributed by atoms with Crippen LogP contribution in [0.3, 0.4) is 0 Å². The molecule has 0 spiro atoms. The molecular weight excluding hydrogens is 274 g/mol. The number of hydrogen-bond donors (Lipinski definition) is 2. The number of pyridine rings is 1. The molecule has 1 fully saturated rings. The molecule has 0 bridgehead atoms. The molecule has 0 saturated carbocycles. The van der Waals surface area contributed by atoms with Crippen molar-refractivity contribution in [2.75, 3.05) is 6.54 Å². The standard InChI is InChI=1S/C14H15N3O4/c18-10-6-11(14(20)21)17(8-10)13(19)5-9-7-16-4-2-1-3-12(16)15-9/h1-4,7,10-11,18H,5-6,8H2,(H,20,21). The Balaban J connectivity index is 1.77. The number of aliphatic hydroxyl groups excluding tert-OH is 1. The van der Waals surface area contributed by atoms with Crippen molar-refractivity contribution in [3.63, 3.8) is 0 Å². The number of aliphatic hydroxyl groups is 1. The number of nitrogens with zero attached hydrogens (tertiary/aromatic N) is 3. The van der Waals surface area contributed by atoms with Gasteiger partial charge in [0.15, 0.2) is 0 Å². The maximum absolute atomic E-state index is 12.3. The van der Waals surface area contributed by atoms with E-state index < -0.39 is 18.1 Å². The van der Waals surface area contributed by atoms with Crippen molar-refractivity contribution in [2.45, 2.75) is 25.0 Å². The monoisotopic (exact) mass is 289 g/mol. The Bertz CT molecular complexity index is 663. The highest BCUT2D eigenvalue weighted by Crippen LogP contribution is 2.19. The molecule has 2 aromatic rings. The van der Waals surface area contributed by atoms with Gasteiger partial charge in [0.2, 0.25) is 5.91 Å². The quantitative estimate of drug-likeness (QED) is 0.824. The molecule has 3 rings (SSSR count). The zero-order valence-electron chi connectivity index (χ0n) is 11.2. The fraction of sp³-hybridized carbons (Fsp3) is 0.357. The third-order valence-corrected chi connectivity index (χ3v) is 3.63. The average Bonchev–Trinajstić information content (AvgIpc) is 3.01. The number of carboxylic acids is 1. The van der Waals surface area contributed by atoms with Crippen LogP contribution in [0.5, 0.6) is 0 Å². The third-order valence-electron chi connectivity index (χ3n) is 3.63. The zero-order valence-corrected chi connectivity index (χ0v) is 11.2.